The zero-order valence-electron chi connectivity index (χ0n) is 28.2. The highest BCUT2D eigenvalue weighted by molar-refractivity contribution is 6.06. The Morgan fingerprint density at radius 1 is 0.843 bits per heavy atom. The standard InChI is InChI=1S/C38H40F6N4O3/c1-51-34(49)33(46-35(50)36(38(42,43)44)14-18-48(19-15-36)24-37(39,40)41)21-26-9-6-11-29-28(26)10-7-13-30(29)31-12-5-8-25-20-27(45-22-32(25)31)23-47-16-3-2-4-17-47/h5-13,20,22,33H,2-4,14-19,21,23-24H2,1H3,(H,46,50)/t33-/m0/s1. The molecule has 0 radical (unpaired) electrons. The van der Waals surface area contributed by atoms with Crippen LogP contribution in [-0.2, 0) is 27.3 Å². The predicted molar refractivity (Wildman–Crippen MR) is 182 cm³/mol. The molecule has 13 heteroatoms. The molecule has 2 fully saturated rings. The average molecular weight is 715 g/mol. The number of esters is 1. The maximum Gasteiger partial charge on any atom is 0.403 e. The number of aromatic nitrogens is 1. The molecule has 51 heavy (non-hydrogen) atoms. The lowest BCUT2D eigenvalue weighted by Crippen LogP contribution is -2.59. The summed E-state index contributed by atoms with van der Waals surface area (Å²) in [6.07, 6.45) is -6.04. The fourth-order valence-electron chi connectivity index (χ4n) is 7.51. The first kappa shape index (κ1) is 36.6. The highest BCUT2D eigenvalue weighted by Gasteiger charge is 2.61. The molecule has 272 valence electrons. The van der Waals surface area contributed by atoms with E-state index in [2.05, 4.69) is 16.3 Å². The Labute approximate surface area is 291 Å². The number of pyridine rings is 1. The number of hydrogen-bond donors (Lipinski definition) is 1. The highest BCUT2D eigenvalue weighted by atomic mass is 19.4. The van der Waals surface area contributed by atoms with E-state index in [1.54, 1.807) is 12.1 Å². The topological polar surface area (TPSA) is 74.8 Å². The number of methoxy groups -OCH3 is 1. The van der Waals surface area contributed by atoms with Gasteiger partial charge in [0.25, 0.3) is 0 Å². The maximum atomic E-state index is 14.5. The van der Waals surface area contributed by atoms with Gasteiger partial charge in [-0.3, -0.25) is 19.6 Å². The van der Waals surface area contributed by atoms with Crippen LogP contribution in [0.4, 0.5) is 26.3 Å². The maximum absolute atomic E-state index is 14.5. The van der Waals surface area contributed by atoms with Crippen LogP contribution in [0.3, 0.4) is 0 Å². The molecule has 0 unspecified atom stereocenters. The number of rotatable bonds is 9. The predicted octanol–water partition coefficient (Wildman–Crippen LogP) is 7.45. The van der Waals surface area contributed by atoms with Crippen molar-refractivity contribution in [2.24, 2.45) is 5.41 Å². The van der Waals surface area contributed by atoms with E-state index in [9.17, 15) is 35.9 Å². The molecule has 1 aromatic heterocycles. The second-order valence-corrected chi connectivity index (χ2v) is 13.6. The number of fused-ring (bicyclic) bond motifs is 2. The van der Waals surface area contributed by atoms with Crippen molar-refractivity contribution in [2.75, 3.05) is 39.8 Å². The average Bonchev–Trinajstić information content (AvgIpc) is 3.10. The number of alkyl halides is 6. The Balaban J connectivity index is 1.27. The molecule has 6 rings (SSSR count). The molecular weight excluding hydrogens is 674 g/mol. The summed E-state index contributed by atoms with van der Waals surface area (Å²) >= 11 is 0. The Morgan fingerprint density at radius 2 is 1.49 bits per heavy atom. The smallest absolute Gasteiger partial charge is 0.403 e. The van der Waals surface area contributed by atoms with Crippen molar-refractivity contribution in [2.45, 2.75) is 63.5 Å². The van der Waals surface area contributed by atoms with Crippen molar-refractivity contribution in [3.63, 3.8) is 0 Å². The van der Waals surface area contributed by atoms with E-state index < -0.39 is 68.2 Å². The zero-order chi connectivity index (χ0) is 36.4. The lowest BCUT2D eigenvalue weighted by atomic mass is 9.76. The molecular formula is C38H40F6N4O3. The van der Waals surface area contributed by atoms with E-state index in [1.807, 2.05) is 48.7 Å². The molecule has 2 aliphatic rings. The van der Waals surface area contributed by atoms with Crippen LogP contribution in [0.25, 0.3) is 32.7 Å². The minimum absolute atomic E-state index is 0.176. The molecule has 1 atom stereocenters. The number of ether oxygens (including phenoxy) is 1. The van der Waals surface area contributed by atoms with E-state index in [-0.39, 0.29) is 6.42 Å². The summed E-state index contributed by atoms with van der Waals surface area (Å²) in [5.41, 5.74) is 0.466. The van der Waals surface area contributed by atoms with Gasteiger partial charge in [0.2, 0.25) is 5.91 Å². The second kappa shape index (κ2) is 14.8. The van der Waals surface area contributed by atoms with Gasteiger partial charge in [0.15, 0.2) is 0 Å². The largest absolute Gasteiger partial charge is 0.467 e. The summed E-state index contributed by atoms with van der Waals surface area (Å²) in [6, 6.07) is 17.8. The van der Waals surface area contributed by atoms with Crippen LogP contribution in [0.2, 0.25) is 0 Å². The van der Waals surface area contributed by atoms with E-state index in [0.29, 0.717) is 5.56 Å². The molecule has 2 saturated heterocycles. The first-order chi connectivity index (χ1) is 24.3. The van der Waals surface area contributed by atoms with Gasteiger partial charge in [-0.1, -0.05) is 61.0 Å². The Bertz CT molecular complexity index is 1880. The van der Waals surface area contributed by atoms with Crippen molar-refractivity contribution in [3.05, 3.63) is 78.1 Å². The van der Waals surface area contributed by atoms with Crippen LogP contribution >= 0.6 is 0 Å². The van der Waals surface area contributed by atoms with Gasteiger partial charge in [0.05, 0.1) is 19.3 Å². The molecule has 3 aromatic carbocycles. The van der Waals surface area contributed by atoms with Crippen molar-refractivity contribution in [1.82, 2.24) is 20.1 Å². The number of benzene rings is 3. The molecule has 7 nitrogen and oxygen atoms in total. The Kier molecular flexibility index (Phi) is 10.6. The van der Waals surface area contributed by atoms with Crippen LogP contribution in [0.5, 0.6) is 0 Å². The normalized spacial score (nSPS) is 18.1. The quantitative estimate of drug-likeness (QED) is 0.144. The van der Waals surface area contributed by atoms with Crippen molar-refractivity contribution >= 4 is 33.4 Å². The number of piperidine rings is 2. The monoisotopic (exact) mass is 714 g/mol. The lowest BCUT2D eigenvalue weighted by molar-refractivity contribution is -0.236. The highest BCUT2D eigenvalue weighted by Crippen LogP contribution is 2.47. The summed E-state index contributed by atoms with van der Waals surface area (Å²) in [6.45, 7) is 0.384. The Hall–Kier alpha value is -4.23. The van der Waals surface area contributed by atoms with Gasteiger partial charge in [-0.05, 0) is 90.8 Å². The van der Waals surface area contributed by atoms with Crippen LogP contribution < -0.4 is 5.32 Å². The number of likely N-dealkylation sites (tertiary alicyclic amines) is 2. The zero-order valence-corrected chi connectivity index (χ0v) is 28.2. The van der Waals surface area contributed by atoms with Crippen LogP contribution in [0, 0.1) is 5.41 Å². The number of carbonyl (C=O) groups excluding carboxylic acids is 2. The Morgan fingerprint density at radius 3 is 2.16 bits per heavy atom. The molecule has 0 bridgehead atoms. The number of carbonyl (C=O) groups is 2. The van der Waals surface area contributed by atoms with E-state index in [4.69, 9.17) is 9.72 Å². The van der Waals surface area contributed by atoms with Gasteiger partial charge < -0.3 is 10.1 Å². The second-order valence-electron chi connectivity index (χ2n) is 13.6. The molecule has 1 N–H and O–H groups in total. The van der Waals surface area contributed by atoms with E-state index >= 15 is 0 Å². The first-order valence-corrected chi connectivity index (χ1v) is 17.1. The molecule has 0 spiro atoms. The van der Waals surface area contributed by atoms with Gasteiger partial charge >= 0.3 is 18.3 Å². The summed E-state index contributed by atoms with van der Waals surface area (Å²) < 4.78 is 87.2. The van der Waals surface area contributed by atoms with E-state index in [0.717, 1.165) is 70.0 Å². The van der Waals surface area contributed by atoms with Crippen molar-refractivity contribution in [3.8, 4) is 11.1 Å². The van der Waals surface area contributed by atoms with Crippen LogP contribution in [0.1, 0.15) is 43.4 Å². The van der Waals surface area contributed by atoms with Crippen LogP contribution in [-0.4, -0.2) is 84.9 Å². The van der Waals surface area contributed by atoms with Gasteiger partial charge in [-0.25, -0.2) is 4.79 Å². The molecule has 1 amide bonds. The molecule has 4 aromatic rings. The van der Waals surface area contributed by atoms with Crippen molar-refractivity contribution in [1.29, 1.82) is 0 Å². The summed E-state index contributed by atoms with van der Waals surface area (Å²) in [5.74, 6) is -2.40. The third kappa shape index (κ3) is 7.99. The SMILES string of the molecule is COC(=O)[C@H](Cc1cccc2c(-c3cccc4cc(CN5CCCCC5)ncc34)cccc12)NC(=O)C1(C(F)(F)F)CCN(CC(F)(F)F)CC1. The van der Waals surface area contributed by atoms with Gasteiger partial charge in [-0.15, -0.1) is 0 Å². The fraction of sp³-hybridized carbons (Fsp3) is 0.447. The summed E-state index contributed by atoms with van der Waals surface area (Å²) in [5, 5.41) is 5.84. The molecule has 2 aliphatic heterocycles. The number of nitrogens with zero attached hydrogens (tertiary/aromatic N) is 3. The minimum atomic E-state index is -5.06. The number of hydrogen-bond acceptors (Lipinski definition) is 6. The lowest BCUT2D eigenvalue weighted by Gasteiger charge is -2.42. The van der Waals surface area contributed by atoms with Gasteiger partial charge in [0.1, 0.15) is 11.5 Å². The van der Waals surface area contributed by atoms with Crippen LogP contribution in [0.15, 0.2) is 66.9 Å². The number of halogens is 6. The third-order valence-electron chi connectivity index (χ3n) is 10.3. The minimum Gasteiger partial charge on any atom is -0.467 e. The molecule has 0 aliphatic carbocycles. The van der Waals surface area contributed by atoms with Gasteiger partial charge in [-0.2, -0.15) is 26.3 Å². The number of nitrogens with one attached hydrogen (secondary N) is 1. The fourth-order valence-corrected chi connectivity index (χ4v) is 7.51. The first-order valence-electron chi connectivity index (χ1n) is 17.1. The number of amides is 1. The molecule has 0 saturated carbocycles. The van der Waals surface area contributed by atoms with Crippen molar-refractivity contribution < 1.29 is 40.7 Å². The van der Waals surface area contributed by atoms with E-state index in [1.165, 1.54) is 19.3 Å². The molecule has 3 heterocycles. The summed E-state index contributed by atoms with van der Waals surface area (Å²) in [7, 11) is 1.07. The van der Waals surface area contributed by atoms with Gasteiger partial charge in [0, 0.05) is 24.5 Å². The summed E-state index contributed by atoms with van der Waals surface area (Å²) in [4.78, 5) is 34.5. The third-order valence-corrected chi connectivity index (χ3v) is 10.3.